The number of rotatable bonds is 6. The molecular weight excluding hydrogens is 481 g/mol. The average molecular weight is 504 g/mol. The SMILES string of the molecule is CC(C)(NC(=O)Nc1ccc(Cl)cc1)C(=O)Nc1ccc(-c2ccccc2S(C)(=O)=O)c(F)c1. The molecule has 0 heterocycles. The highest BCUT2D eigenvalue weighted by atomic mass is 35.5. The van der Waals surface area contributed by atoms with Crippen molar-refractivity contribution < 1.29 is 22.4 Å². The highest BCUT2D eigenvalue weighted by molar-refractivity contribution is 7.90. The lowest BCUT2D eigenvalue weighted by Gasteiger charge is -2.25. The van der Waals surface area contributed by atoms with Crippen molar-refractivity contribution in [2.24, 2.45) is 0 Å². The second kappa shape index (κ2) is 9.82. The van der Waals surface area contributed by atoms with Crippen molar-refractivity contribution in [2.75, 3.05) is 16.9 Å². The Morgan fingerprint density at radius 3 is 2.12 bits per heavy atom. The fourth-order valence-corrected chi connectivity index (χ4v) is 4.18. The average Bonchev–Trinajstić information content (AvgIpc) is 2.74. The van der Waals surface area contributed by atoms with Gasteiger partial charge in [0.2, 0.25) is 5.91 Å². The van der Waals surface area contributed by atoms with Gasteiger partial charge in [0.15, 0.2) is 9.84 Å². The smallest absolute Gasteiger partial charge is 0.320 e. The van der Waals surface area contributed by atoms with Crippen LogP contribution in [0.2, 0.25) is 5.02 Å². The zero-order chi connectivity index (χ0) is 25.1. The third-order valence-electron chi connectivity index (χ3n) is 4.90. The number of benzene rings is 3. The van der Waals surface area contributed by atoms with Crippen molar-refractivity contribution in [2.45, 2.75) is 24.3 Å². The van der Waals surface area contributed by atoms with E-state index in [1.807, 2.05) is 0 Å². The molecule has 3 aromatic carbocycles. The summed E-state index contributed by atoms with van der Waals surface area (Å²) in [4.78, 5) is 25.0. The Morgan fingerprint density at radius 1 is 0.882 bits per heavy atom. The first-order chi connectivity index (χ1) is 15.9. The molecule has 7 nitrogen and oxygen atoms in total. The van der Waals surface area contributed by atoms with Crippen molar-refractivity contribution in [3.05, 3.63) is 77.6 Å². The van der Waals surface area contributed by atoms with Crippen molar-refractivity contribution in [1.82, 2.24) is 5.32 Å². The Hall–Kier alpha value is -3.43. The minimum atomic E-state index is -3.57. The van der Waals surface area contributed by atoms with E-state index in [-0.39, 0.29) is 21.7 Å². The van der Waals surface area contributed by atoms with Crippen LogP contribution in [0.3, 0.4) is 0 Å². The predicted octanol–water partition coefficient (Wildman–Crippen LogP) is 5.09. The summed E-state index contributed by atoms with van der Waals surface area (Å²) >= 11 is 5.82. The minimum absolute atomic E-state index is 0.00252. The third-order valence-corrected chi connectivity index (χ3v) is 6.31. The predicted molar refractivity (Wildman–Crippen MR) is 131 cm³/mol. The number of urea groups is 1. The first-order valence-electron chi connectivity index (χ1n) is 10.1. The second-order valence-corrected chi connectivity index (χ2v) is 10.5. The molecule has 3 rings (SSSR count). The van der Waals surface area contributed by atoms with Crippen molar-refractivity contribution in [3.8, 4) is 11.1 Å². The molecule has 3 amide bonds. The summed E-state index contributed by atoms with van der Waals surface area (Å²) in [6.07, 6.45) is 1.05. The van der Waals surface area contributed by atoms with Crippen molar-refractivity contribution in [1.29, 1.82) is 0 Å². The van der Waals surface area contributed by atoms with Gasteiger partial charge < -0.3 is 16.0 Å². The zero-order valence-electron chi connectivity index (χ0n) is 18.6. The lowest BCUT2D eigenvalue weighted by Crippen LogP contribution is -2.53. The van der Waals surface area contributed by atoms with E-state index >= 15 is 0 Å². The fourth-order valence-electron chi connectivity index (χ4n) is 3.15. The molecule has 0 aliphatic carbocycles. The van der Waals surface area contributed by atoms with E-state index in [4.69, 9.17) is 11.6 Å². The van der Waals surface area contributed by atoms with Gasteiger partial charge in [-0.15, -0.1) is 0 Å². The number of hydrogen-bond donors (Lipinski definition) is 3. The highest BCUT2D eigenvalue weighted by Crippen LogP contribution is 2.31. The van der Waals surface area contributed by atoms with Crippen LogP contribution >= 0.6 is 11.6 Å². The molecular formula is C24H23ClFN3O4S. The first kappa shape index (κ1) is 25.2. The Balaban J connectivity index is 1.73. The van der Waals surface area contributed by atoms with Crippen LogP contribution in [0.5, 0.6) is 0 Å². The topological polar surface area (TPSA) is 104 Å². The Morgan fingerprint density at radius 2 is 1.50 bits per heavy atom. The number of anilines is 2. The summed E-state index contributed by atoms with van der Waals surface area (Å²) in [5, 5.41) is 8.24. The molecule has 0 aliphatic heterocycles. The maximum Gasteiger partial charge on any atom is 0.320 e. The number of carbonyl (C=O) groups is 2. The molecule has 0 aliphatic rings. The number of sulfone groups is 1. The Bertz CT molecular complexity index is 1340. The van der Waals surface area contributed by atoms with Gasteiger partial charge >= 0.3 is 6.03 Å². The minimum Gasteiger partial charge on any atom is -0.324 e. The summed E-state index contributed by atoms with van der Waals surface area (Å²) in [7, 11) is -3.57. The number of carbonyl (C=O) groups excluding carboxylic acids is 2. The largest absolute Gasteiger partial charge is 0.324 e. The molecule has 0 radical (unpaired) electrons. The zero-order valence-corrected chi connectivity index (χ0v) is 20.2. The van der Waals surface area contributed by atoms with E-state index in [0.717, 1.165) is 12.3 Å². The van der Waals surface area contributed by atoms with E-state index in [1.165, 1.54) is 38.1 Å². The molecule has 3 N–H and O–H groups in total. The second-order valence-electron chi connectivity index (χ2n) is 8.13. The lowest BCUT2D eigenvalue weighted by atomic mass is 10.0. The van der Waals surface area contributed by atoms with Gasteiger partial charge in [0.05, 0.1) is 4.90 Å². The molecule has 0 unspecified atom stereocenters. The summed E-state index contributed by atoms with van der Waals surface area (Å²) in [5.74, 6) is -1.29. The molecule has 0 saturated carbocycles. The molecule has 178 valence electrons. The van der Waals surface area contributed by atoms with Gasteiger partial charge in [-0.3, -0.25) is 4.79 Å². The van der Waals surface area contributed by atoms with E-state index in [9.17, 15) is 22.4 Å². The fraction of sp³-hybridized carbons (Fsp3) is 0.167. The van der Waals surface area contributed by atoms with E-state index in [0.29, 0.717) is 10.7 Å². The van der Waals surface area contributed by atoms with Gasteiger partial charge in [0.25, 0.3) is 0 Å². The molecule has 10 heteroatoms. The molecule has 0 saturated heterocycles. The van der Waals surface area contributed by atoms with Crippen LogP contribution < -0.4 is 16.0 Å². The first-order valence-corrected chi connectivity index (χ1v) is 12.4. The van der Waals surface area contributed by atoms with Crippen molar-refractivity contribution in [3.63, 3.8) is 0 Å². The molecule has 0 spiro atoms. The van der Waals surface area contributed by atoms with Crippen molar-refractivity contribution >= 4 is 44.8 Å². The summed E-state index contributed by atoms with van der Waals surface area (Å²) in [6, 6.07) is 15.9. The molecule has 3 aromatic rings. The van der Waals surface area contributed by atoms with Crippen LogP contribution in [-0.2, 0) is 14.6 Å². The summed E-state index contributed by atoms with van der Waals surface area (Å²) in [6.45, 7) is 2.99. The highest BCUT2D eigenvalue weighted by Gasteiger charge is 2.30. The van der Waals surface area contributed by atoms with Gasteiger partial charge in [-0.25, -0.2) is 17.6 Å². The molecule has 0 aromatic heterocycles. The number of amides is 3. The van der Waals surface area contributed by atoms with E-state index in [1.54, 1.807) is 36.4 Å². The number of nitrogens with one attached hydrogen (secondary N) is 3. The van der Waals surface area contributed by atoms with Gasteiger partial charge in [-0.2, -0.15) is 0 Å². The maximum atomic E-state index is 14.9. The van der Waals surface area contributed by atoms with E-state index < -0.39 is 33.1 Å². The normalized spacial score (nSPS) is 11.6. The quantitative estimate of drug-likeness (QED) is 0.436. The Kier molecular flexibility index (Phi) is 7.28. The van der Waals surface area contributed by atoms with Gasteiger partial charge in [0, 0.05) is 33.8 Å². The van der Waals surface area contributed by atoms with E-state index in [2.05, 4.69) is 16.0 Å². The van der Waals surface area contributed by atoms with Gasteiger partial charge in [-0.05, 0) is 62.4 Å². The Labute approximate surface area is 202 Å². The van der Waals surface area contributed by atoms with Gasteiger partial charge in [0.1, 0.15) is 11.4 Å². The molecule has 34 heavy (non-hydrogen) atoms. The standard InChI is InChI=1S/C24H23ClFN3O4S/c1-24(2,29-23(31)28-16-10-8-15(25)9-11-16)22(30)27-17-12-13-18(20(26)14-17)19-6-4-5-7-21(19)34(3,32)33/h4-14H,1-3H3,(H,27,30)(H2,28,29,31). The lowest BCUT2D eigenvalue weighted by molar-refractivity contribution is -0.120. The number of halogens is 2. The summed E-state index contributed by atoms with van der Waals surface area (Å²) < 4.78 is 39.0. The van der Waals surface area contributed by atoms with Crippen LogP contribution in [0.4, 0.5) is 20.6 Å². The van der Waals surface area contributed by atoms with Gasteiger partial charge in [-0.1, -0.05) is 29.8 Å². The third kappa shape index (κ3) is 6.12. The maximum absolute atomic E-state index is 14.9. The monoisotopic (exact) mass is 503 g/mol. The van der Waals surface area contributed by atoms with Crippen LogP contribution in [-0.4, -0.2) is 32.2 Å². The van der Waals surface area contributed by atoms with Crippen LogP contribution in [0, 0.1) is 5.82 Å². The molecule has 0 bridgehead atoms. The molecule has 0 atom stereocenters. The van der Waals surface area contributed by atoms with Crippen LogP contribution in [0.25, 0.3) is 11.1 Å². The molecule has 0 fully saturated rings. The van der Waals surface area contributed by atoms with Crippen LogP contribution in [0.15, 0.2) is 71.6 Å². The number of hydrogen-bond acceptors (Lipinski definition) is 4. The van der Waals surface area contributed by atoms with Crippen LogP contribution in [0.1, 0.15) is 13.8 Å². The summed E-state index contributed by atoms with van der Waals surface area (Å²) in [5.41, 5.74) is -0.393.